The minimum absolute atomic E-state index is 0.314. The number of aromatic nitrogens is 3. The Morgan fingerprint density at radius 2 is 1.83 bits per heavy atom. The lowest BCUT2D eigenvalue weighted by atomic mass is 10.1. The maximum atomic E-state index is 12.6. The number of hydrogen-bond donors (Lipinski definition) is 1. The van der Waals surface area contributed by atoms with Crippen molar-refractivity contribution >= 4 is 17.0 Å². The van der Waals surface area contributed by atoms with Crippen LogP contribution in [0.1, 0.15) is 22.4 Å². The molecule has 1 aromatic carbocycles. The van der Waals surface area contributed by atoms with Crippen molar-refractivity contribution in [2.24, 2.45) is 0 Å². The van der Waals surface area contributed by atoms with Gasteiger partial charge in [0.2, 0.25) is 0 Å². The van der Waals surface area contributed by atoms with Gasteiger partial charge in [-0.2, -0.15) is 0 Å². The first-order chi connectivity index (χ1) is 11.4. The van der Waals surface area contributed by atoms with Gasteiger partial charge < -0.3 is 9.67 Å². The number of carbonyl (C=O) groups is 1. The predicted octanol–water partition coefficient (Wildman–Crippen LogP) is 2.26. The van der Waals surface area contributed by atoms with E-state index in [0.29, 0.717) is 17.6 Å². The molecule has 0 radical (unpaired) electrons. The van der Waals surface area contributed by atoms with Crippen molar-refractivity contribution in [1.29, 1.82) is 0 Å². The topological polar surface area (TPSA) is 77.1 Å². The first kappa shape index (κ1) is 16.0. The van der Waals surface area contributed by atoms with Gasteiger partial charge in [0.25, 0.3) is 5.56 Å². The van der Waals surface area contributed by atoms with Gasteiger partial charge in [-0.15, -0.1) is 0 Å². The third-order valence-corrected chi connectivity index (χ3v) is 4.36. The monoisotopic (exact) mass is 325 g/mol. The number of aliphatic carboxylic acids is 1. The van der Waals surface area contributed by atoms with E-state index in [4.69, 9.17) is 5.11 Å². The summed E-state index contributed by atoms with van der Waals surface area (Å²) in [6.45, 7) is 6.09. The second-order valence-electron chi connectivity index (χ2n) is 6.05. The first-order valence-electron chi connectivity index (χ1n) is 7.70. The molecular weight excluding hydrogens is 306 g/mol. The third-order valence-electron chi connectivity index (χ3n) is 4.36. The fourth-order valence-corrected chi connectivity index (χ4v) is 2.88. The average molecular weight is 325 g/mol. The van der Waals surface area contributed by atoms with Crippen LogP contribution in [-0.4, -0.2) is 25.2 Å². The van der Waals surface area contributed by atoms with Crippen molar-refractivity contribution in [2.45, 2.75) is 33.9 Å². The highest BCUT2D eigenvalue weighted by molar-refractivity contribution is 5.81. The quantitative estimate of drug-likeness (QED) is 0.798. The van der Waals surface area contributed by atoms with Crippen molar-refractivity contribution in [1.82, 2.24) is 14.1 Å². The van der Waals surface area contributed by atoms with Gasteiger partial charge in [0, 0.05) is 12.2 Å². The average Bonchev–Trinajstić information content (AvgIpc) is 2.77. The Morgan fingerprint density at radius 1 is 1.17 bits per heavy atom. The zero-order valence-electron chi connectivity index (χ0n) is 13.9. The van der Waals surface area contributed by atoms with E-state index in [-0.39, 0.29) is 12.1 Å². The molecule has 0 aliphatic heterocycles. The van der Waals surface area contributed by atoms with Gasteiger partial charge in [0.05, 0.1) is 5.39 Å². The lowest BCUT2D eigenvalue weighted by Crippen LogP contribution is -2.24. The standard InChI is InChI=1S/C18H19N3O3/c1-11-4-6-14(7-5-11)8-21-13(3)12(2)16-17(21)19-10-20(18(16)24)9-15(22)23/h4-7,10H,8-9H2,1-3H3,(H,22,23). The lowest BCUT2D eigenvalue weighted by Gasteiger charge is -2.09. The molecule has 3 rings (SSSR count). The molecule has 24 heavy (non-hydrogen) atoms. The fraction of sp³-hybridized carbons (Fsp3) is 0.278. The van der Waals surface area contributed by atoms with E-state index in [2.05, 4.69) is 29.2 Å². The predicted molar refractivity (Wildman–Crippen MR) is 91.4 cm³/mol. The van der Waals surface area contributed by atoms with Gasteiger partial charge in [-0.1, -0.05) is 29.8 Å². The summed E-state index contributed by atoms with van der Waals surface area (Å²) in [6.07, 6.45) is 1.31. The van der Waals surface area contributed by atoms with Crippen LogP contribution in [0.4, 0.5) is 0 Å². The van der Waals surface area contributed by atoms with E-state index in [1.807, 2.05) is 25.3 Å². The van der Waals surface area contributed by atoms with E-state index >= 15 is 0 Å². The smallest absolute Gasteiger partial charge is 0.323 e. The second kappa shape index (κ2) is 5.96. The van der Waals surface area contributed by atoms with Crippen LogP contribution in [0.15, 0.2) is 35.4 Å². The number of rotatable bonds is 4. The Labute approximate surface area is 139 Å². The Hall–Kier alpha value is -2.89. The fourth-order valence-electron chi connectivity index (χ4n) is 2.88. The van der Waals surface area contributed by atoms with Gasteiger partial charge in [-0.05, 0) is 31.9 Å². The number of aryl methyl sites for hydroxylation is 2. The van der Waals surface area contributed by atoms with Crippen LogP contribution in [0, 0.1) is 20.8 Å². The number of benzene rings is 1. The Bertz CT molecular complexity index is 981. The van der Waals surface area contributed by atoms with Crippen LogP contribution in [-0.2, 0) is 17.9 Å². The van der Waals surface area contributed by atoms with Gasteiger partial charge in [-0.25, -0.2) is 4.98 Å². The molecular formula is C18H19N3O3. The van der Waals surface area contributed by atoms with Crippen molar-refractivity contribution in [3.63, 3.8) is 0 Å². The first-order valence-corrected chi connectivity index (χ1v) is 7.70. The number of carboxylic acids is 1. The van der Waals surface area contributed by atoms with Crippen LogP contribution < -0.4 is 5.56 Å². The zero-order chi connectivity index (χ0) is 17.4. The molecule has 3 aromatic rings. The molecule has 2 heterocycles. The molecule has 0 amide bonds. The Kier molecular flexibility index (Phi) is 3.97. The molecule has 124 valence electrons. The summed E-state index contributed by atoms with van der Waals surface area (Å²) in [4.78, 5) is 27.8. The Balaban J connectivity index is 2.14. The van der Waals surface area contributed by atoms with E-state index in [1.165, 1.54) is 11.9 Å². The van der Waals surface area contributed by atoms with Crippen LogP contribution in [0.25, 0.3) is 11.0 Å². The molecule has 6 nitrogen and oxygen atoms in total. The molecule has 2 aromatic heterocycles. The molecule has 0 aliphatic rings. The van der Waals surface area contributed by atoms with Crippen molar-refractivity contribution < 1.29 is 9.90 Å². The summed E-state index contributed by atoms with van der Waals surface area (Å²) in [5.74, 6) is -1.06. The van der Waals surface area contributed by atoms with Gasteiger partial charge in [-0.3, -0.25) is 14.2 Å². The molecule has 6 heteroatoms. The summed E-state index contributed by atoms with van der Waals surface area (Å²) in [6, 6.07) is 8.22. The van der Waals surface area contributed by atoms with E-state index < -0.39 is 5.97 Å². The van der Waals surface area contributed by atoms with Gasteiger partial charge in [0.15, 0.2) is 0 Å². The number of carboxylic acid groups (broad SMARTS) is 1. The highest BCUT2D eigenvalue weighted by Gasteiger charge is 2.17. The van der Waals surface area contributed by atoms with Crippen molar-refractivity contribution in [2.75, 3.05) is 0 Å². The molecule has 0 fully saturated rings. The van der Waals surface area contributed by atoms with Crippen LogP contribution in [0.2, 0.25) is 0 Å². The molecule has 1 N–H and O–H groups in total. The number of hydrogen-bond acceptors (Lipinski definition) is 3. The van der Waals surface area contributed by atoms with Crippen LogP contribution in [0.5, 0.6) is 0 Å². The van der Waals surface area contributed by atoms with Crippen LogP contribution in [0.3, 0.4) is 0 Å². The van der Waals surface area contributed by atoms with Gasteiger partial charge >= 0.3 is 5.97 Å². The maximum absolute atomic E-state index is 12.6. The molecule has 0 atom stereocenters. The summed E-state index contributed by atoms with van der Waals surface area (Å²) in [5, 5.41) is 9.41. The van der Waals surface area contributed by atoms with E-state index in [9.17, 15) is 9.59 Å². The highest BCUT2D eigenvalue weighted by Crippen LogP contribution is 2.22. The molecule has 0 spiro atoms. The maximum Gasteiger partial charge on any atom is 0.323 e. The molecule has 0 saturated carbocycles. The van der Waals surface area contributed by atoms with Crippen molar-refractivity contribution in [3.05, 3.63) is 63.3 Å². The second-order valence-corrected chi connectivity index (χ2v) is 6.05. The molecule has 0 bridgehead atoms. The summed E-state index contributed by atoms with van der Waals surface area (Å²) < 4.78 is 3.13. The summed E-state index contributed by atoms with van der Waals surface area (Å²) in [5.41, 5.74) is 4.40. The normalized spacial score (nSPS) is 11.1. The Morgan fingerprint density at radius 3 is 2.46 bits per heavy atom. The largest absolute Gasteiger partial charge is 0.480 e. The van der Waals surface area contributed by atoms with E-state index in [0.717, 1.165) is 21.4 Å². The zero-order valence-corrected chi connectivity index (χ0v) is 13.9. The molecule has 0 unspecified atom stereocenters. The highest BCUT2D eigenvalue weighted by atomic mass is 16.4. The van der Waals surface area contributed by atoms with Crippen LogP contribution >= 0.6 is 0 Å². The minimum atomic E-state index is -1.06. The molecule has 0 aliphatic carbocycles. The lowest BCUT2D eigenvalue weighted by molar-refractivity contribution is -0.137. The minimum Gasteiger partial charge on any atom is -0.480 e. The number of nitrogens with zero attached hydrogens (tertiary/aromatic N) is 3. The van der Waals surface area contributed by atoms with Crippen molar-refractivity contribution in [3.8, 4) is 0 Å². The molecule has 0 saturated heterocycles. The van der Waals surface area contributed by atoms with Gasteiger partial charge in [0.1, 0.15) is 18.5 Å². The number of fused-ring (bicyclic) bond motifs is 1. The summed E-state index contributed by atoms with van der Waals surface area (Å²) in [7, 11) is 0. The SMILES string of the molecule is Cc1ccc(Cn2c(C)c(C)c3c(=O)n(CC(=O)O)cnc32)cc1. The summed E-state index contributed by atoms with van der Waals surface area (Å²) >= 11 is 0. The van der Waals surface area contributed by atoms with E-state index in [1.54, 1.807) is 0 Å². The third kappa shape index (κ3) is 2.71.